The van der Waals surface area contributed by atoms with Crippen molar-refractivity contribution in [2.24, 2.45) is 5.41 Å². The number of amides is 1. The molecular formula is C13H19ClN4O3. The van der Waals surface area contributed by atoms with E-state index in [1.165, 1.54) is 18.6 Å². The second-order valence-electron chi connectivity index (χ2n) is 5.73. The van der Waals surface area contributed by atoms with Gasteiger partial charge < -0.3 is 20.3 Å². The van der Waals surface area contributed by atoms with Gasteiger partial charge in [-0.2, -0.15) is 0 Å². The lowest BCUT2D eigenvalue weighted by Crippen LogP contribution is -2.44. The lowest BCUT2D eigenvalue weighted by molar-refractivity contribution is -0.389. The molecule has 1 amide bonds. The van der Waals surface area contributed by atoms with Crippen molar-refractivity contribution in [2.45, 2.75) is 19.3 Å². The third kappa shape index (κ3) is 3.03. The Morgan fingerprint density at radius 2 is 2.00 bits per heavy atom. The lowest BCUT2D eigenvalue weighted by atomic mass is 9.78. The number of carbonyl (C=O) groups excluding carboxylic acids is 1. The third-order valence-electron chi connectivity index (χ3n) is 4.54. The average molecular weight is 315 g/mol. The Balaban J connectivity index is 0.00000161. The van der Waals surface area contributed by atoms with E-state index < -0.39 is 4.92 Å². The summed E-state index contributed by atoms with van der Waals surface area (Å²) in [7, 11) is 0. The first kappa shape index (κ1) is 15.8. The van der Waals surface area contributed by atoms with Crippen LogP contribution in [-0.4, -0.2) is 46.9 Å². The van der Waals surface area contributed by atoms with E-state index in [9.17, 15) is 14.9 Å². The highest BCUT2D eigenvalue weighted by Gasteiger charge is 2.38. The van der Waals surface area contributed by atoms with Crippen molar-refractivity contribution in [3.05, 3.63) is 27.9 Å². The SMILES string of the molecule is Cl.O=C(c1ccc([N+](=O)[O-])[nH]1)N1CCC2(CCNC2)CC1. The maximum absolute atomic E-state index is 12.3. The number of likely N-dealkylation sites (tertiary alicyclic amines) is 1. The van der Waals surface area contributed by atoms with Gasteiger partial charge in [0.15, 0.2) is 5.69 Å². The molecule has 1 spiro atoms. The van der Waals surface area contributed by atoms with Gasteiger partial charge in [-0.25, -0.2) is 4.98 Å². The van der Waals surface area contributed by atoms with Crippen LogP contribution in [0.1, 0.15) is 29.8 Å². The number of aromatic nitrogens is 1. The van der Waals surface area contributed by atoms with Gasteiger partial charge in [0.05, 0.1) is 0 Å². The van der Waals surface area contributed by atoms with E-state index >= 15 is 0 Å². The highest BCUT2D eigenvalue weighted by atomic mass is 35.5. The number of piperidine rings is 1. The highest BCUT2D eigenvalue weighted by molar-refractivity contribution is 5.93. The first-order valence-corrected chi connectivity index (χ1v) is 6.93. The fourth-order valence-corrected chi connectivity index (χ4v) is 3.19. The molecule has 0 radical (unpaired) electrons. The molecule has 0 bridgehead atoms. The van der Waals surface area contributed by atoms with Crippen LogP contribution in [0.2, 0.25) is 0 Å². The Hall–Kier alpha value is -1.60. The molecule has 0 unspecified atom stereocenters. The van der Waals surface area contributed by atoms with Crippen molar-refractivity contribution in [1.29, 1.82) is 0 Å². The maximum atomic E-state index is 12.3. The molecule has 2 saturated heterocycles. The van der Waals surface area contributed by atoms with Gasteiger partial charge >= 0.3 is 5.82 Å². The second kappa shape index (κ2) is 6.03. The van der Waals surface area contributed by atoms with Gasteiger partial charge in [0.25, 0.3) is 5.91 Å². The molecule has 2 N–H and O–H groups in total. The van der Waals surface area contributed by atoms with Crippen molar-refractivity contribution in [3.8, 4) is 0 Å². The number of carbonyl (C=O) groups is 1. The first-order chi connectivity index (χ1) is 9.60. The standard InChI is InChI=1S/C13H18N4O3.ClH/c18-12(10-1-2-11(15-10)17(19)20)16-7-4-13(5-8-16)3-6-14-9-13;/h1-2,14-15H,3-9H2;1H. The second-order valence-corrected chi connectivity index (χ2v) is 5.73. The van der Waals surface area contributed by atoms with E-state index in [1.807, 2.05) is 0 Å². The quantitative estimate of drug-likeness (QED) is 0.640. The zero-order valence-electron chi connectivity index (χ0n) is 11.6. The van der Waals surface area contributed by atoms with E-state index in [2.05, 4.69) is 10.3 Å². The zero-order valence-corrected chi connectivity index (χ0v) is 12.4. The van der Waals surface area contributed by atoms with Crippen LogP contribution in [0.3, 0.4) is 0 Å². The summed E-state index contributed by atoms with van der Waals surface area (Å²) in [5, 5.41) is 14.0. The topological polar surface area (TPSA) is 91.3 Å². The number of aromatic amines is 1. The molecule has 0 aliphatic carbocycles. The summed E-state index contributed by atoms with van der Waals surface area (Å²) in [5.74, 6) is -0.277. The summed E-state index contributed by atoms with van der Waals surface area (Å²) in [6, 6.07) is 2.82. The number of nitrogens with one attached hydrogen (secondary N) is 2. The van der Waals surface area contributed by atoms with Crippen LogP contribution in [0.5, 0.6) is 0 Å². The van der Waals surface area contributed by atoms with Crippen molar-refractivity contribution < 1.29 is 9.72 Å². The highest BCUT2D eigenvalue weighted by Crippen LogP contribution is 2.37. The monoisotopic (exact) mass is 314 g/mol. The van der Waals surface area contributed by atoms with Gasteiger partial charge in [0.2, 0.25) is 0 Å². The first-order valence-electron chi connectivity index (χ1n) is 6.93. The van der Waals surface area contributed by atoms with E-state index in [1.54, 1.807) is 4.90 Å². The normalized spacial score (nSPS) is 20.3. The van der Waals surface area contributed by atoms with Crippen molar-refractivity contribution >= 4 is 24.1 Å². The van der Waals surface area contributed by atoms with Crippen LogP contribution in [0.25, 0.3) is 0 Å². The Morgan fingerprint density at radius 1 is 1.29 bits per heavy atom. The number of rotatable bonds is 2. The predicted molar refractivity (Wildman–Crippen MR) is 79.8 cm³/mol. The lowest BCUT2D eigenvalue weighted by Gasteiger charge is -2.38. The molecule has 116 valence electrons. The summed E-state index contributed by atoms with van der Waals surface area (Å²) in [4.78, 5) is 26.8. The summed E-state index contributed by atoms with van der Waals surface area (Å²) in [6.07, 6.45) is 3.20. The molecule has 1 aromatic rings. The smallest absolute Gasteiger partial charge is 0.321 e. The predicted octanol–water partition coefficient (Wildman–Crippen LogP) is 1.56. The molecular weight excluding hydrogens is 296 g/mol. The Labute approximate surface area is 128 Å². The van der Waals surface area contributed by atoms with E-state index in [0.717, 1.165) is 39.0 Å². The number of nitro groups is 1. The van der Waals surface area contributed by atoms with E-state index in [-0.39, 0.29) is 24.1 Å². The molecule has 1 aromatic heterocycles. The molecule has 21 heavy (non-hydrogen) atoms. The largest absolute Gasteiger partial charge is 0.358 e. The van der Waals surface area contributed by atoms with Gasteiger partial charge in [-0.05, 0) is 42.2 Å². The summed E-state index contributed by atoms with van der Waals surface area (Å²) >= 11 is 0. The number of H-pyrrole nitrogens is 1. The maximum Gasteiger partial charge on any atom is 0.321 e. The van der Waals surface area contributed by atoms with Gasteiger partial charge in [-0.1, -0.05) is 0 Å². The molecule has 3 rings (SSSR count). The molecule has 0 aromatic carbocycles. The van der Waals surface area contributed by atoms with E-state index in [4.69, 9.17) is 0 Å². The molecule has 8 heteroatoms. The van der Waals surface area contributed by atoms with Crippen molar-refractivity contribution in [1.82, 2.24) is 15.2 Å². The summed E-state index contributed by atoms with van der Waals surface area (Å²) in [5.41, 5.74) is 0.663. The minimum absolute atomic E-state index is 0. The molecule has 2 fully saturated rings. The summed E-state index contributed by atoms with van der Waals surface area (Å²) < 4.78 is 0. The van der Waals surface area contributed by atoms with Crippen molar-refractivity contribution in [2.75, 3.05) is 26.2 Å². The number of hydrogen-bond donors (Lipinski definition) is 2. The molecule has 3 heterocycles. The molecule has 7 nitrogen and oxygen atoms in total. The van der Waals surface area contributed by atoms with Crippen LogP contribution in [0.4, 0.5) is 5.82 Å². The zero-order chi connectivity index (χ0) is 14.2. The minimum Gasteiger partial charge on any atom is -0.358 e. The van der Waals surface area contributed by atoms with Gasteiger partial charge in [0.1, 0.15) is 0 Å². The molecule has 0 saturated carbocycles. The molecule has 2 aliphatic heterocycles. The van der Waals surface area contributed by atoms with Crippen LogP contribution >= 0.6 is 12.4 Å². The van der Waals surface area contributed by atoms with Gasteiger partial charge in [-0.3, -0.25) is 4.79 Å². The summed E-state index contributed by atoms with van der Waals surface area (Å²) in [6.45, 7) is 3.57. The van der Waals surface area contributed by atoms with E-state index in [0.29, 0.717) is 11.1 Å². The fraction of sp³-hybridized carbons (Fsp3) is 0.615. The number of hydrogen-bond acceptors (Lipinski definition) is 4. The third-order valence-corrected chi connectivity index (χ3v) is 4.54. The van der Waals surface area contributed by atoms with Crippen LogP contribution < -0.4 is 5.32 Å². The number of halogens is 1. The van der Waals surface area contributed by atoms with Gasteiger partial charge in [0, 0.05) is 25.7 Å². The van der Waals surface area contributed by atoms with Crippen LogP contribution in [0, 0.1) is 15.5 Å². The van der Waals surface area contributed by atoms with Crippen LogP contribution in [-0.2, 0) is 0 Å². The minimum atomic E-state index is -0.522. The Kier molecular flexibility index (Phi) is 4.53. The van der Waals surface area contributed by atoms with Crippen molar-refractivity contribution in [3.63, 3.8) is 0 Å². The average Bonchev–Trinajstić information content (AvgIpc) is 3.08. The van der Waals surface area contributed by atoms with Gasteiger partial charge in [-0.15, -0.1) is 12.4 Å². The fourth-order valence-electron chi connectivity index (χ4n) is 3.19. The molecule has 0 atom stereocenters. The molecule has 2 aliphatic rings. The Bertz CT molecular complexity index is 529. The van der Waals surface area contributed by atoms with Crippen LogP contribution in [0.15, 0.2) is 12.1 Å². The Morgan fingerprint density at radius 3 is 2.52 bits per heavy atom. The number of nitrogens with zero attached hydrogens (tertiary/aromatic N) is 2.